The Balaban J connectivity index is 0.00000361. The molecule has 2 N–H and O–H groups in total. The molecule has 1 rings (SSSR count). The van der Waals surface area contributed by atoms with E-state index < -0.39 is 21.2 Å². The van der Waals surface area contributed by atoms with E-state index in [-0.39, 0.29) is 24.5 Å². The van der Waals surface area contributed by atoms with Gasteiger partial charge in [-0.3, -0.25) is 4.79 Å². The average molecular weight is 328 g/mol. The lowest BCUT2D eigenvalue weighted by molar-refractivity contribution is -0.128. The van der Waals surface area contributed by atoms with Gasteiger partial charge in [-0.1, -0.05) is 6.42 Å². The molecule has 120 valence electrons. The van der Waals surface area contributed by atoms with Crippen LogP contribution in [0.4, 0.5) is 0 Å². The molecule has 0 bridgehead atoms. The summed E-state index contributed by atoms with van der Waals surface area (Å²) in [5.41, 5.74) is 5.89. The smallest absolute Gasteiger partial charge is 0.241 e. The molecule has 20 heavy (non-hydrogen) atoms. The van der Waals surface area contributed by atoms with Crippen molar-refractivity contribution in [2.45, 2.75) is 50.4 Å². The van der Waals surface area contributed by atoms with E-state index in [0.717, 1.165) is 19.3 Å². The van der Waals surface area contributed by atoms with Gasteiger partial charge in [-0.2, -0.15) is 4.31 Å². The molecule has 0 saturated carbocycles. The number of hydrogen-bond donors (Lipinski definition) is 1. The molecular weight excluding hydrogens is 302 g/mol. The topological polar surface area (TPSA) is 83.7 Å². The molecule has 1 fully saturated rings. The van der Waals surface area contributed by atoms with Crippen molar-refractivity contribution < 1.29 is 13.2 Å². The summed E-state index contributed by atoms with van der Waals surface area (Å²) < 4.78 is 26.6. The fourth-order valence-electron chi connectivity index (χ4n) is 2.47. The molecule has 1 heterocycles. The standard InChI is InChI=1S/C12H25N3O3S.ClH/c1-9(13)11-7-5-6-8-15(11)19(17,18)10(2)12(16)14(3)4;/h9-11H,5-8,13H2,1-4H3;1H. The molecule has 1 aliphatic rings. The van der Waals surface area contributed by atoms with E-state index in [4.69, 9.17) is 5.73 Å². The first kappa shape index (κ1) is 19.6. The maximum absolute atomic E-state index is 12.6. The molecule has 8 heteroatoms. The van der Waals surface area contributed by atoms with Crippen LogP contribution in [0.3, 0.4) is 0 Å². The Morgan fingerprint density at radius 2 is 1.85 bits per heavy atom. The molecule has 0 aromatic heterocycles. The van der Waals surface area contributed by atoms with Gasteiger partial charge in [0.25, 0.3) is 0 Å². The van der Waals surface area contributed by atoms with E-state index in [2.05, 4.69) is 0 Å². The van der Waals surface area contributed by atoms with Crippen molar-refractivity contribution in [3.8, 4) is 0 Å². The van der Waals surface area contributed by atoms with Crippen LogP contribution < -0.4 is 5.73 Å². The van der Waals surface area contributed by atoms with Crippen molar-refractivity contribution in [2.75, 3.05) is 20.6 Å². The molecule has 0 aromatic carbocycles. The molecule has 1 saturated heterocycles. The van der Waals surface area contributed by atoms with Crippen LogP contribution in [-0.4, -0.2) is 61.5 Å². The number of halogens is 1. The van der Waals surface area contributed by atoms with Crippen molar-refractivity contribution in [2.24, 2.45) is 5.73 Å². The minimum atomic E-state index is -3.64. The predicted octanol–water partition coefficient (Wildman–Crippen LogP) is 0.416. The summed E-state index contributed by atoms with van der Waals surface area (Å²) in [6.45, 7) is 3.72. The summed E-state index contributed by atoms with van der Waals surface area (Å²) in [4.78, 5) is 13.2. The summed E-state index contributed by atoms with van der Waals surface area (Å²) in [5, 5.41) is -1.05. The number of nitrogens with zero attached hydrogens (tertiary/aromatic N) is 2. The molecule has 1 amide bonds. The highest BCUT2D eigenvalue weighted by atomic mass is 35.5. The van der Waals surface area contributed by atoms with Gasteiger partial charge in [0.1, 0.15) is 0 Å². The monoisotopic (exact) mass is 327 g/mol. The molecule has 0 spiro atoms. The van der Waals surface area contributed by atoms with Crippen LogP contribution in [0.15, 0.2) is 0 Å². The van der Waals surface area contributed by atoms with E-state index in [1.165, 1.54) is 16.1 Å². The zero-order valence-corrected chi connectivity index (χ0v) is 14.2. The van der Waals surface area contributed by atoms with Crippen molar-refractivity contribution in [1.29, 1.82) is 0 Å². The van der Waals surface area contributed by atoms with Gasteiger partial charge < -0.3 is 10.6 Å². The van der Waals surface area contributed by atoms with E-state index in [1.54, 1.807) is 14.1 Å². The lowest BCUT2D eigenvalue weighted by atomic mass is 10.00. The summed E-state index contributed by atoms with van der Waals surface area (Å²) in [7, 11) is -0.512. The number of amides is 1. The minimum absolute atomic E-state index is 0. The number of nitrogens with two attached hydrogens (primary N) is 1. The summed E-state index contributed by atoms with van der Waals surface area (Å²) in [6.07, 6.45) is 2.57. The van der Waals surface area contributed by atoms with E-state index in [0.29, 0.717) is 6.54 Å². The first-order valence-electron chi connectivity index (χ1n) is 6.67. The van der Waals surface area contributed by atoms with Crippen molar-refractivity contribution in [3.63, 3.8) is 0 Å². The lowest BCUT2D eigenvalue weighted by Gasteiger charge is -2.38. The fourth-order valence-corrected chi connectivity index (χ4v) is 4.40. The average Bonchev–Trinajstić information content (AvgIpc) is 2.36. The second-order valence-corrected chi connectivity index (χ2v) is 7.66. The normalized spacial score (nSPS) is 23.6. The fraction of sp³-hybridized carbons (Fsp3) is 0.917. The SMILES string of the molecule is CC(N)C1CCCCN1S(=O)(=O)C(C)C(=O)N(C)C.Cl. The second-order valence-electron chi connectivity index (χ2n) is 5.45. The molecule has 0 radical (unpaired) electrons. The van der Waals surface area contributed by atoms with Crippen LogP contribution in [0, 0.1) is 0 Å². The Hall–Kier alpha value is -0.370. The zero-order chi connectivity index (χ0) is 14.8. The van der Waals surface area contributed by atoms with E-state index in [1.807, 2.05) is 6.92 Å². The molecule has 0 aliphatic carbocycles. The van der Waals surface area contributed by atoms with E-state index in [9.17, 15) is 13.2 Å². The Morgan fingerprint density at radius 1 is 1.30 bits per heavy atom. The Bertz CT molecular complexity index is 426. The van der Waals surface area contributed by atoms with Gasteiger partial charge in [-0.05, 0) is 26.7 Å². The Labute approximate surface area is 128 Å². The molecule has 3 atom stereocenters. The number of sulfonamides is 1. The Morgan fingerprint density at radius 3 is 2.30 bits per heavy atom. The largest absolute Gasteiger partial charge is 0.348 e. The highest BCUT2D eigenvalue weighted by Crippen LogP contribution is 2.25. The number of hydrogen-bond acceptors (Lipinski definition) is 4. The third kappa shape index (κ3) is 4.07. The van der Waals surface area contributed by atoms with Crippen molar-refractivity contribution in [1.82, 2.24) is 9.21 Å². The van der Waals surface area contributed by atoms with Crippen LogP contribution in [0.2, 0.25) is 0 Å². The van der Waals surface area contributed by atoms with Crippen LogP contribution in [0.1, 0.15) is 33.1 Å². The number of piperidine rings is 1. The van der Waals surface area contributed by atoms with Gasteiger partial charge in [0.05, 0.1) is 0 Å². The Kier molecular flexibility index (Phi) is 7.44. The first-order valence-corrected chi connectivity index (χ1v) is 8.17. The first-order chi connectivity index (χ1) is 8.69. The zero-order valence-electron chi connectivity index (χ0n) is 12.6. The van der Waals surface area contributed by atoms with Crippen LogP contribution in [0.25, 0.3) is 0 Å². The van der Waals surface area contributed by atoms with Gasteiger partial charge in [-0.25, -0.2) is 8.42 Å². The molecule has 3 unspecified atom stereocenters. The quantitative estimate of drug-likeness (QED) is 0.811. The van der Waals surface area contributed by atoms with Crippen molar-refractivity contribution in [3.05, 3.63) is 0 Å². The number of carbonyl (C=O) groups is 1. The number of rotatable bonds is 4. The minimum Gasteiger partial charge on any atom is -0.348 e. The van der Waals surface area contributed by atoms with Gasteiger partial charge in [-0.15, -0.1) is 12.4 Å². The molecule has 0 aromatic rings. The number of carbonyl (C=O) groups excluding carboxylic acids is 1. The predicted molar refractivity (Wildman–Crippen MR) is 82.3 cm³/mol. The van der Waals surface area contributed by atoms with Crippen molar-refractivity contribution >= 4 is 28.3 Å². The second kappa shape index (κ2) is 7.59. The van der Waals surface area contributed by atoms with Gasteiger partial charge >= 0.3 is 0 Å². The molecular formula is C12H26ClN3O3S. The van der Waals surface area contributed by atoms with E-state index >= 15 is 0 Å². The summed E-state index contributed by atoms with van der Waals surface area (Å²) in [5.74, 6) is -0.394. The highest BCUT2D eigenvalue weighted by molar-refractivity contribution is 7.90. The van der Waals surface area contributed by atoms with Gasteiger partial charge in [0.2, 0.25) is 15.9 Å². The maximum atomic E-state index is 12.6. The third-order valence-electron chi connectivity index (χ3n) is 3.67. The summed E-state index contributed by atoms with van der Waals surface area (Å²) in [6, 6.07) is -0.423. The maximum Gasteiger partial charge on any atom is 0.241 e. The lowest BCUT2D eigenvalue weighted by Crippen LogP contribution is -2.55. The van der Waals surface area contributed by atoms with Crippen LogP contribution in [-0.2, 0) is 14.8 Å². The molecule has 1 aliphatic heterocycles. The molecule has 6 nitrogen and oxygen atoms in total. The van der Waals surface area contributed by atoms with Crippen LogP contribution >= 0.6 is 12.4 Å². The van der Waals surface area contributed by atoms with Crippen LogP contribution in [0.5, 0.6) is 0 Å². The highest BCUT2D eigenvalue weighted by Gasteiger charge is 2.40. The van der Waals surface area contributed by atoms with Gasteiger partial charge in [0, 0.05) is 32.7 Å². The third-order valence-corrected chi connectivity index (χ3v) is 5.87. The van der Waals surface area contributed by atoms with Gasteiger partial charge in [0.15, 0.2) is 5.25 Å². The summed E-state index contributed by atoms with van der Waals surface area (Å²) >= 11 is 0.